The molecule has 0 unspecified atom stereocenters. The zero-order chi connectivity index (χ0) is 25.5. The maximum absolute atomic E-state index is 6.45. The fourth-order valence-electron chi connectivity index (χ4n) is 5.56. The standard InChI is InChI=1S/C30H37N7/c1-4-19-15-27(32-12-14-36(2)3)25(31)16-26(19)34-30-33-17-23(20-10-11-20)28(35-30)24-18-37-13-6-8-21-7-5-9-22(24)29(21)37/h5,7,9,15-18,20,32H,4,6,8,10-14,31H2,1-3H3,(H,33,34,35). The van der Waals surface area contributed by atoms with Crippen molar-refractivity contribution in [2.45, 2.75) is 51.5 Å². The molecular formula is C30H37N7. The molecule has 2 aliphatic rings. The predicted molar refractivity (Wildman–Crippen MR) is 154 cm³/mol. The van der Waals surface area contributed by atoms with E-state index in [1.807, 2.05) is 12.3 Å². The molecule has 2 aromatic heterocycles. The molecule has 0 bridgehead atoms. The van der Waals surface area contributed by atoms with E-state index in [-0.39, 0.29) is 0 Å². The van der Waals surface area contributed by atoms with Crippen LogP contribution in [0.4, 0.5) is 23.0 Å². The molecule has 1 fully saturated rings. The number of para-hydroxylation sites is 1. The van der Waals surface area contributed by atoms with Crippen molar-refractivity contribution in [3.63, 3.8) is 0 Å². The summed E-state index contributed by atoms with van der Waals surface area (Å²) in [4.78, 5) is 12.1. The number of hydrogen-bond donors (Lipinski definition) is 3. The van der Waals surface area contributed by atoms with Crippen molar-refractivity contribution in [3.05, 3.63) is 59.4 Å². The van der Waals surface area contributed by atoms with Crippen LogP contribution in [0.3, 0.4) is 0 Å². The number of nitrogens with zero attached hydrogens (tertiary/aromatic N) is 4. The van der Waals surface area contributed by atoms with Crippen molar-refractivity contribution in [2.24, 2.45) is 0 Å². The summed E-state index contributed by atoms with van der Waals surface area (Å²) < 4.78 is 2.42. The smallest absolute Gasteiger partial charge is 0.227 e. The van der Waals surface area contributed by atoms with Gasteiger partial charge in [0, 0.05) is 54.2 Å². The Morgan fingerprint density at radius 1 is 1.16 bits per heavy atom. The van der Waals surface area contributed by atoms with Gasteiger partial charge in [-0.15, -0.1) is 0 Å². The molecule has 6 rings (SSSR count). The van der Waals surface area contributed by atoms with Crippen LogP contribution in [0, 0.1) is 0 Å². The number of rotatable bonds is 9. The number of nitrogens with one attached hydrogen (secondary N) is 2. The SMILES string of the molecule is CCc1cc(NCCN(C)C)c(N)cc1Nc1ncc(C2CC2)c(-c2cn3c4c(cccc24)CCC3)n1. The summed E-state index contributed by atoms with van der Waals surface area (Å²) in [5.74, 6) is 1.18. The lowest BCUT2D eigenvalue weighted by Gasteiger charge is -2.17. The third-order valence-corrected chi connectivity index (χ3v) is 7.69. The third kappa shape index (κ3) is 4.64. The van der Waals surface area contributed by atoms with Gasteiger partial charge >= 0.3 is 0 Å². The van der Waals surface area contributed by atoms with E-state index in [1.54, 1.807) is 0 Å². The highest BCUT2D eigenvalue weighted by atomic mass is 15.1. The van der Waals surface area contributed by atoms with Gasteiger partial charge in [-0.3, -0.25) is 0 Å². The van der Waals surface area contributed by atoms with E-state index in [0.29, 0.717) is 11.9 Å². The Labute approximate surface area is 219 Å². The van der Waals surface area contributed by atoms with Crippen LogP contribution in [-0.4, -0.2) is 46.6 Å². The average molecular weight is 496 g/mol. The fraction of sp³-hybridized carbons (Fsp3) is 0.400. The van der Waals surface area contributed by atoms with Crippen LogP contribution in [0.5, 0.6) is 0 Å². The van der Waals surface area contributed by atoms with Crippen molar-refractivity contribution in [1.82, 2.24) is 19.4 Å². The van der Waals surface area contributed by atoms with E-state index in [2.05, 4.69) is 71.6 Å². The minimum atomic E-state index is 0.560. The molecule has 0 atom stereocenters. The summed E-state index contributed by atoms with van der Waals surface area (Å²) in [5.41, 5.74) is 16.7. The number of aryl methyl sites for hydroxylation is 3. The van der Waals surface area contributed by atoms with Crippen molar-refractivity contribution in [3.8, 4) is 11.3 Å². The van der Waals surface area contributed by atoms with Crippen molar-refractivity contribution in [1.29, 1.82) is 0 Å². The lowest BCUT2D eigenvalue weighted by molar-refractivity contribution is 0.425. The van der Waals surface area contributed by atoms with Crippen LogP contribution in [0.1, 0.15) is 48.8 Å². The summed E-state index contributed by atoms with van der Waals surface area (Å²) >= 11 is 0. The molecule has 7 nitrogen and oxygen atoms in total. The van der Waals surface area contributed by atoms with E-state index in [4.69, 9.17) is 15.7 Å². The Morgan fingerprint density at radius 2 is 2.03 bits per heavy atom. The lowest BCUT2D eigenvalue weighted by Crippen LogP contribution is -2.21. The number of nitrogens with two attached hydrogens (primary N) is 1. The molecular weight excluding hydrogens is 458 g/mol. The molecule has 0 radical (unpaired) electrons. The van der Waals surface area contributed by atoms with E-state index in [9.17, 15) is 0 Å². The molecule has 4 aromatic rings. The maximum Gasteiger partial charge on any atom is 0.227 e. The third-order valence-electron chi connectivity index (χ3n) is 7.69. The Kier molecular flexibility index (Phi) is 6.24. The van der Waals surface area contributed by atoms with Gasteiger partial charge in [0.25, 0.3) is 0 Å². The van der Waals surface area contributed by atoms with Crippen LogP contribution < -0.4 is 16.4 Å². The topological polar surface area (TPSA) is 84.0 Å². The number of likely N-dealkylation sites (N-methyl/N-ethyl adjacent to an activating group) is 1. The summed E-state index contributed by atoms with van der Waals surface area (Å²) in [6, 6.07) is 10.9. The number of aromatic nitrogens is 3. The van der Waals surface area contributed by atoms with E-state index in [1.165, 1.54) is 52.4 Å². The van der Waals surface area contributed by atoms with Crippen molar-refractivity contribution in [2.75, 3.05) is 43.6 Å². The minimum Gasteiger partial charge on any atom is -0.397 e. The second-order valence-corrected chi connectivity index (χ2v) is 10.7. The normalized spacial score (nSPS) is 14.9. The first-order chi connectivity index (χ1) is 18.0. The molecule has 1 aliphatic heterocycles. The van der Waals surface area contributed by atoms with E-state index >= 15 is 0 Å². The first-order valence-electron chi connectivity index (χ1n) is 13.6. The van der Waals surface area contributed by atoms with Gasteiger partial charge in [0.2, 0.25) is 5.95 Å². The van der Waals surface area contributed by atoms with Gasteiger partial charge in [0.05, 0.1) is 22.6 Å². The Hall–Kier alpha value is -3.58. The number of hydrogen-bond acceptors (Lipinski definition) is 6. The van der Waals surface area contributed by atoms with Gasteiger partial charge < -0.3 is 25.8 Å². The monoisotopic (exact) mass is 495 g/mol. The molecule has 192 valence electrons. The van der Waals surface area contributed by atoms with Gasteiger partial charge in [-0.25, -0.2) is 9.97 Å². The average Bonchev–Trinajstić information content (AvgIpc) is 3.67. The highest BCUT2D eigenvalue weighted by Gasteiger charge is 2.30. The van der Waals surface area contributed by atoms with Crippen LogP contribution in [-0.2, 0) is 19.4 Å². The zero-order valence-electron chi connectivity index (χ0n) is 22.1. The fourth-order valence-corrected chi connectivity index (χ4v) is 5.56. The predicted octanol–water partition coefficient (Wildman–Crippen LogP) is 5.78. The maximum atomic E-state index is 6.45. The molecule has 1 saturated carbocycles. The van der Waals surface area contributed by atoms with E-state index < -0.39 is 0 Å². The first-order valence-corrected chi connectivity index (χ1v) is 13.6. The van der Waals surface area contributed by atoms with Crippen molar-refractivity contribution >= 4 is 33.9 Å². The Balaban J connectivity index is 1.36. The van der Waals surface area contributed by atoms with Gasteiger partial charge in [-0.2, -0.15) is 0 Å². The van der Waals surface area contributed by atoms with Crippen LogP contribution >= 0.6 is 0 Å². The molecule has 3 heterocycles. The highest BCUT2D eigenvalue weighted by Crippen LogP contribution is 2.46. The molecule has 0 amide bonds. The second kappa shape index (κ2) is 9.71. The highest BCUT2D eigenvalue weighted by molar-refractivity contribution is 5.98. The summed E-state index contributed by atoms with van der Waals surface area (Å²) in [7, 11) is 4.14. The van der Waals surface area contributed by atoms with Gasteiger partial charge in [-0.1, -0.05) is 25.1 Å². The van der Waals surface area contributed by atoms with E-state index in [0.717, 1.165) is 55.2 Å². The largest absolute Gasteiger partial charge is 0.397 e. The van der Waals surface area contributed by atoms with Gasteiger partial charge in [0.1, 0.15) is 0 Å². The van der Waals surface area contributed by atoms with Crippen LogP contribution in [0.15, 0.2) is 42.7 Å². The van der Waals surface area contributed by atoms with Crippen LogP contribution in [0.25, 0.3) is 22.2 Å². The van der Waals surface area contributed by atoms with Gasteiger partial charge in [0.15, 0.2) is 0 Å². The number of anilines is 4. The van der Waals surface area contributed by atoms with Gasteiger partial charge in [-0.05, 0) is 75.4 Å². The number of nitrogen functional groups attached to an aromatic ring is 1. The molecule has 7 heteroatoms. The molecule has 1 aliphatic carbocycles. The summed E-state index contributed by atoms with van der Waals surface area (Å²) in [5, 5.41) is 8.29. The Bertz CT molecular complexity index is 1450. The summed E-state index contributed by atoms with van der Waals surface area (Å²) in [6.07, 6.45) is 10.0. The molecule has 4 N–H and O–H groups in total. The summed E-state index contributed by atoms with van der Waals surface area (Å²) in [6.45, 7) is 5.02. The molecule has 37 heavy (non-hydrogen) atoms. The number of benzene rings is 2. The lowest BCUT2D eigenvalue weighted by atomic mass is 10.00. The molecule has 2 aromatic carbocycles. The molecule has 0 saturated heterocycles. The zero-order valence-corrected chi connectivity index (χ0v) is 22.1. The van der Waals surface area contributed by atoms with Crippen LogP contribution in [0.2, 0.25) is 0 Å². The minimum absolute atomic E-state index is 0.560. The molecule has 0 spiro atoms. The Morgan fingerprint density at radius 3 is 2.81 bits per heavy atom. The second-order valence-electron chi connectivity index (χ2n) is 10.7. The first kappa shape index (κ1) is 23.8. The van der Waals surface area contributed by atoms with Crippen molar-refractivity contribution < 1.29 is 0 Å². The quantitative estimate of drug-likeness (QED) is 0.255.